The maximum Gasteiger partial charge on any atom is 0.248 e. The molecule has 0 aliphatic carbocycles. The molecule has 0 unspecified atom stereocenters. The molecule has 5 heteroatoms. The van der Waals surface area contributed by atoms with Crippen LogP contribution in [-0.4, -0.2) is 22.2 Å². The van der Waals surface area contributed by atoms with Gasteiger partial charge in [-0.3, -0.25) is 9.48 Å². The van der Waals surface area contributed by atoms with Gasteiger partial charge in [-0.05, 0) is 30.2 Å². The number of hydrogen-bond acceptors (Lipinski definition) is 3. The Bertz CT molecular complexity index is 562. The second kappa shape index (κ2) is 6.15. The number of amides is 1. The first-order chi connectivity index (χ1) is 9.15. The van der Waals surface area contributed by atoms with E-state index in [-0.39, 0.29) is 0 Å². The van der Waals surface area contributed by atoms with Gasteiger partial charge in [0.1, 0.15) is 0 Å². The Kier molecular flexibility index (Phi) is 4.30. The Balaban J connectivity index is 1.79. The zero-order valence-corrected chi connectivity index (χ0v) is 11.0. The smallest absolute Gasteiger partial charge is 0.248 e. The predicted molar refractivity (Wildman–Crippen MR) is 73.6 cm³/mol. The average Bonchev–Trinajstić information content (AvgIpc) is 2.81. The van der Waals surface area contributed by atoms with E-state index in [1.54, 1.807) is 6.07 Å². The molecular weight excluding hydrogens is 240 g/mol. The lowest BCUT2D eigenvalue weighted by Gasteiger charge is -2.06. The van der Waals surface area contributed by atoms with Crippen molar-refractivity contribution >= 4 is 5.91 Å². The van der Waals surface area contributed by atoms with Crippen LogP contribution >= 0.6 is 0 Å². The summed E-state index contributed by atoms with van der Waals surface area (Å²) in [6, 6.07) is 7.34. The topological polar surface area (TPSA) is 72.9 Å². The fraction of sp³-hybridized carbons (Fsp3) is 0.286. The van der Waals surface area contributed by atoms with E-state index in [9.17, 15) is 4.79 Å². The molecule has 100 valence electrons. The van der Waals surface area contributed by atoms with Crippen LogP contribution in [0.25, 0.3) is 0 Å². The van der Waals surface area contributed by atoms with Crippen LogP contribution in [0.4, 0.5) is 0 Å². The first kappa shape index (κ1) is 13.3. The van der Waals surface area contributed by atoms with Crippen molar-refractivity contribution in [3.8, 4) is 0 Å². The molecule has 0 aliphatic rings. The highest BCUT2D eigenvalue weighted by Crippen LogP contribution is 2.04. The van der Waals surface area contributed by atoms with Crippen molar-refractivity contribution in [3.05, 3.63) is 53.3 Å². The molecule has 0 saturated heterocycles. The molecule has 0 aliphatic heterocycles. The minimum atomic E-state index is -0.395. The maximum absolute atomic E-state index is 11.1. The molecule has 0 radical (unpaired) electrons. The minimum Gasteiger partial charge on any atom is -0.366 e. The van der Waals surface area contributed by atoms with Crippen molar-refractivity contribution < 1.29 is 4.79 Å². The number of nitrogens with zero attached hydrogens (tertiary/aromatic N) is 2. The van der Waals surface area contributed by atoms with Crippen molar-refractivity contribution in [2.24, 2.45) is 5.73 Å². The number of aryl methyl sites for hydroxylation is 1. The number of hydrogen-bond donors (Lipinski definition) is 2. The number of aromatic nitrogens is 2. The van der Waals surface area contributed by atoms with E-state index in [1.807, 2.05) is 42.2 Å². The quantitative estimate of drug-likeness (QED) is 0.761. The minimum absolute atomic E-state index is 0.395. The van der Waals surface area contributed by atoms with E-state index in [4.69, 9.17) is 5.73 Å². The van der Waals surface area contributed by atoms with E-state index in [0.29, 0.717) is 12.1 Å². The standard InChI is InChI=1S/C14H18N4O/c1-11-8-17-18(10-11)6-5-16-9-12-3-2-4-13(7-12)14(15)19/h2-4,7-8,10,16H,5-6,9H2,1H3,(H2,15,19). The molecule has 0 bridgehead atoms. The zero-order chi connectivity index (χ0) is 13.7. The van der Waals surface area contributed by atoms with Gasteiger partial charge in [-0.25, -0.2) is 0 Å². The highest BCUT2D eigenvalue weighted by atomic mass is 16.1. The number of nitrogens with one attached hydrogen (secondary N) is 1. The molecule has 2 aromatic rings. The Morgan fingerprint density at radius 3 is 3.00 bits per heavy atom. The summed E-state index contributed by atoms with van der Waals surface area (Å²) in [5, 5.41) is 7.53. The van der Waals surface area contributed by atoms with Crippen molar-refractivity contribution in [3.63, 3.8) is 0 Å². The summed E-state index contributed by atoms with van der Waals surface area (Å²) in [6.07, 6.45) is 3.85. The van der Waals surface area contributed by atoms with Crippen LogP contribution < -0.4 is 11.1 Å². The van der Waals surface area contributed by atoms with Crippen molar-refractivity contribution in [2.75, 3.05) is 6.54 Å². The van der Waals surface area contributed by atoms with Gasteiger partial charge in [-0.2, -0.15) is 5.10 Å². The molecule has 5 nitrogen and oxygen atoms in total. The number of rotatable bonds is 6. The van der Waals surface area contributed by atoms with E-state index >= 15 is 0 Å². The molecule has 1 aromatic carbocycles. The van der Waals surface area contributed by atoms with E-state index in [1.165, 1.54) is 0 Å². The number of nitrogens with two attached hydrogens (primary N) is 1. The third-order valence-electron chi connectivity index (χ3n) is 2.82. The van der Waals surface area contributed by atoms with Crippen molar-refractivity contribution in [2.45, 2.75) is 20.0 Å². The van der Waals surface area contributed by atoms with Gasteiger partial charge in [0.05, 0.1) is 12.7 Å². The monoisotopic (exact) mass is 258 g/mol. The Morgan fingerprint density at radius 2 is 2.32 bits per heavy atom. The van der Waals surface area contributed by atoms with Gasteiger partial charge in [0.15, 0.2) is 0 Å². The first-order valence-corrected chi connectivity index (χ1v) is 6.23. The summed E-state index contributed by atoms with van der Waals surface area (Å²) < 4.78 is 1.90. The summed E-state index contributed by atoms with van der Waals surface area (Å²) in [5.74, 6) is -0.395. The zero-order valence-electron chi connectivity index (χ0n) is 11.0. The van der Waals surface area contributed by atoms with Crippen LogP contribution in [-0.2, 0) is 13.1 Å². The molecule has 0 fully saturated rings. The first-order valence-electron chi connectivity index (χ1n) is 6.23. The van der Waals surface area contributed by atoms with E-state index < -0.39 is 5.91 Å². The second-order valence-electron chi connectivity index (χ2n) is 4.52. The fourth-order valence-electron chi connectivity index (χ4n) is 1.85. The van der Waals surface area contributed by atoms with Gasteiger partial charge in [0, 0.05) is 24.8 Å². The summed E-state index contributed by atoms with van der Waals surface area (Å²) in [6.45, 7) is 4.37. The summed E-state index contributed by atoms with van der Waals surface area (Å²) >= 11 is 0. The number of carbonyl (C=O) groups is 1. The van der Waals surface area contributed by atoms with Crippen LogP contribution in [0.3, 0.4) is 0 Å². The van der Waals surface area contributed by atoms with Gasteiger partial charge in [0.25, 0.3) is 0 Å². The molecule has 1 aromatic heterocycles. The predicted octanol–water partition coefficient (Wildman–Crippen LogP) is 1.08. The highest BCUT2D eigenvalue weighted by molar-refractivity contribution is 5.92. The fourth-order valence-corrected chi connectivity index (χ4v) is 1.85. The Morgan fingerprint density at radius 1 is 1.47 bits per heavy atom. The summed E-state index contributed by atoms with van der Waals surface area (Å²) in [7, 11) is 0. The molecule has 2 rings (SSSR count). The van der Waals surface area contributed by atoms with Crippen molar-refractivity contribution in [1.29, 1.82) is 0 Å². The van der Waals surface area contributed by atoms with E-state index in [2.05, 4.69) is 10.4 Å². The van der Waals surface area contributed by atoms with Crippen LogP contribution in [0.2, 0.25) is 0 Å². The summed E-state index contributed by atoms with van der Waals surface area (Å²) in [4.78, 5) is 11.1. The van der Waals surface area contributed by atoms with Crippen LogP contribution in [0.5, 0.6) is 0 Å². The highest BCUT2D eigenvalue weighted by Gasteiger charge is 2.01. The molecule has 1 heterocycles. The Hall–Kier alpha value is -2.14. The second-order valence-corrected chi connectivity index (χ2v) is 4.52. The lowest BCUT2D eigenvalue weighted by molar-refractivity contribution is 0.1000. The Labute approximate surface area is 112 Å². The maximum atomic E-state index is 11.1. The largest absolute Gasteiger partial charge is 0.366 e. The molecule has 0 saturated carbocycles. The summed E-state index contributed by atoms with van der Waals surface area (Å²) in [5.41, 5.74) is 8.00. The van der Waals surface area contributed by atoms with Crippen LogP contribution in [0, 0.1) is 6.92 Å². The van der Waals surface area contributed by atoms with Crippen LogP contribution in [0.15, 0.2) is 36.7 Å². The van der Waals surface area contributed by atoms with E-state index in [0.717, 1.165) is 24.2 Å². The lowest BCUT2D eigenvalue weighted by atomic mass is 10.1. The number of carbonyl (C=O) groups excluding carboxylic acids is 1. The van der Waals surface area contributed by atoms with Gasteiger partial charge in [-0.15, -0.1) is 0 Å². The normalized spacial score (nSPS) is 10.6. The molecule has 0 atom stereocenters. The molecule has 0 spiro atoms. The van der Waals surface area contributed by atoms with Gasteiger partial charge < -0.3 is 11.1 Å². The molecule has 1 amide bonds. The number of benzene rings is 1. The van der Waals surface area contributed by atoms with Gasteiger partial charge in [-0.1, -0.05) is 12.1 Å². The molecule has 19 heavy (non-hydrogen) atoms. The molecule has 3 N–H and O–H groups in total. The SMILES string of the molecule is Cc1cnn(CCNCc2cccc(C(N)=O)c2)c1. The number of primary amides is 1. The third-order valence-corrected chi connectivity index (χ3v) is 2.82. The van der Waals surface area contributed by atoms with Crippen molar-refractivity contribution in [1.82, 2.24) is 15.1 Å². The van der Waals surface area contributed by atoms with Gasteiger partial charge >= 0.3 is 0 Å². The van der Waals surface area contributed by atoms with Gasteiger partial charge in [0.2, 0.25) is 5.91 Å². The van der Waals surface area contributed by atoms with Crippen LogP contribution in [0.1, 0.15) is 21.5 Å². The lowest BCUT2D eigenvalue weighted by Crippen LogP contribution is -2.20. The third kappa shape index (κ3) is 3.93. The average molecular weight is 258 g/mol. The molecular formula is C14H18N4O.